The molecule has 0 fully saturated rings. The Morgan fingerprint density at radius 2 is 1.82 bits per heavy atom. The van der Waals surface area contributed by atoms with Gasteiger partial charge in [-0.25, -0.2) is 0 Å². The van der Waals surface area contributed by atoms with Gasteiger partial charge in [0.05, 0.1) is 12.7 Å². The molecule has 0 bridgehead atoms. The molecule has 0 amide bonds. The zero-order valence-electron chi connectivity index (χ0n) is 5.97. The van der Waals surface area contributed by atoms with Crippen LogP contribution in [0.15, 0.2) is 0 Å². The summed E-state index contributed by atoms with van der Waals surface area (Å²) in [5.41, 5.74) is 0. The van der Waals surface area contributed by atoms with Crippen LogP contribution in [0.5, 0.6) is 0 Å². The first-order chi connectivity index (χ1) is 5.07. The highest BCUT2D eigenvalue weighted by Crippen LogP contribution is 2.01. The second-order valence-electron chi connectivity index (χ2n) is 2.25. The minimum Gasteiger partial charge on any atom is -0.481 e. The quantitative estimate of drug-likeness (QED) is 0.399. The SMILES string of the molecule is O=C(O)CC[C@@H](O)[C@@H](O)CO. The van der Waals surface area contributed by atoms with E-state index in [0.29, 0.717) is 0 Å². The van der Waals surface area contributed by atoms with Gasteiger partial charge < -0.3 is 20.4 Å². The molecule has 66 valence electrons. The predicted molar refractivity (Wildman–Crippen MR) is 36.0 cm³/mol. The van der Waals surface area contributed by atoms with E-state index in [2.05, 4.69) is 0 Å². The molecule has 0 aliphatic heterocycles. The molecule has 0 aromatic rings. The van der Waals surface area contributed by atoms with Gasteiger partial charge in [-0.3, -0.25) is 4.79 Å². The molecular weight excluding hydrogens is 152 g/mol. The summed E-state index contributed by atoms with van der Waals surface area (Å²) in [4.78, 5) is 9.96. The predicted octanol–water partition coefficient (Wildman–Crippen LogP) is -1.43. The third kappa shape index (κ3) is 4.72. The number of carboxylic acids is 1. The second kappa shape index (κ2) is 5.06. The normalized spacial score (nSPS) is 15.9. The number of hydrogen-bond acceptors (Lipinski definition) is 4. The van der Waals surface area contributed by atoms with E-state index >= 15 is 0 Å². The van der Waals surface area contributed by atoms with Crippen molar-refractivity contribution in [1.82, 2.24) is 0 Å². The Hall–Kier alpha value is -0.650. The summed E-state index contributed by atoms with van der Waals surface area (Å²) in [6.07, 6.45) is -2.65. The molecule has 0 saturated carbocycles. The number of rotatable bonds is 5. The van der Waals surface area contributed by atoms with Crippen molar-refractivity contribution in [2.24, 2.45) is 0 Å². The van der Waals surface area contributed by atoms with Crippen LogP contribution in [-0.4, -0.2) is 45.2 Å². The highest BCUT2D eigenvalue weighted by Gasteiger charge is 2.15. The summed E-state index contributed by atoms with van der Waals surface area (Å²) in [7, 11) is 0. The monoisotopic (exact) mass is 164 g/mol. The van der Waals surface area contributed by atoms with Gasteiger partial charge >= 0.3 is 5.97 Å². The summed E-state index contributed by atoms with van der Waals surface area (Å²) < 4.78 is 0. The molecule has 0 unspecified atom stereocenters. The van der Waals surface area contributed by atoms with E-state index in [-0.39, 0.29) is 12.8 Å². The zero-order chi connectivity index (χ0) is 8.85. The Morgan fingerprint density at radius 3 is 2.18 bits per heavy atom. The summed E-state index contributed by atoms with van der Waals surface area (Å²) >= 11 is 0. The second-order valence-corrected chi connectivity index (χ2v) is 2.25. The fourth-order valence-electron chi connectivity index (χ4n) is 0.585. The van der Waals surface area contributed by atoms with Gasteiger partial charge in [-0.2, -0.15) is 0 Å². The maximum absolute atomic E-state index is 9.96. The molecule has 2 atom stereocenters. The molecule has 0 saturated heterocycles. The largest absolute Gasteiger partial charge is 0.481 e. The summed E-state index contributed by atoms with van der Waals surface area (Å²) in [6.45, 7) is -0.555. The van der Waals surface area contributed by atoms with E-state index in [4.69, 9.17) is 20.4 Å². The van der Waals surface area contributed by atoms with Crippen LogP contribution in [0.4, 0.5) is 0 Å². The molecule has 0 rings (SSSR count). The summed E-state index contributed by atoms with van der Waals surface area (Å²) in [5.74, 6) is -1.03. The first kappa shape index (κ1) is 10.3. The minimum absolute atomic E-state index is 0.0446. The maximum atomic E-state index is 9.96. The van der Waals surface area contributed by atoms with E-state index < -0.39 is 24.8 Å². The van der Waals surface area contributed by atoms with Crippen molar-refractivity contribution in [3.63, 3.8) is 0 Å². The third-order valence-corrected chi connectivity index (χ3v) is 1.29. The lowest BCUT2D eigenvalue weighted by Crippen LogP contribution is -2.29. The van der Waals surface area contributed by atoms with Crippen molar-refractivity contribution in [3.05, 3.63) is 0 Å². The Morgan fingerprint density at radius 1 is 1.27 bits per heavy atom. The van der Waals surface area contributed by atoms with Crippen LogP contribution in [-0.2, 0) is 4.79 Å². The standard InChI is InChI=1S/C6H12O5/c7-3-5(9)4(8)1-2-6(10)11/h4-5,7-9H,1-3H2,(H,10,11)/t4-,5+/m1/s1. The lowest BCUT2D eigenvalue weighted by molar-refractivity contribution is -0.138. The van der Waals surface area contributed by atoms with Gasteiger partial charge in [-0.1, -0.05) is 0 Å². The van der Waals surface area contributed by atoms with Gasteiger partial charge in [0.1, 0.15) is 6.10 Å². The Bertz CT molecular complexity index is 124. The third-order valence-electron chi connectivity index (χ3n) is 1.29. The molecule has 4 N–H and O–H groups in total. The number of carbonyl (C=O) groups is 1. The first-order valence-electron chi connectivity index (χ1n) is 3.26. The van der Waals surface area contributed by atoms with Gasteiger partial charge in [0.25, 0.3) is 0 Å². The number of aliphatic hydroxyl groups is 3. The van der Waals surface area contributed by atoms with Gasteiger partial charge in [0.15, 0.2) is 0 Å². The van der Waals surface area contributed by atoms with Gasteiger partial charge in [-0.15, -0.1) is 0 Å². The van der Waals surface area contributed by atoms with Crippen LogP contribution in [0, 0.1) is 0 Å². The van der Waals surface area contributed by atoms with Gasteiger partial charge in [-0.05, 0) is 6.42 Å². The van der Waals surface area contributed by atoms with Crippen molar-refractivity contribution < 1.29 is 25.2 Å². The summed E-state index contributed by atoms with van der Waals surface area (Å²) in [6, 6.07) is 0. The molecule has 0 spiro atoms. The summed E-state index contributed by atoms with van der Waals surface area (Å²) in [5, 5.41) is 34.1. The van der Waals surface area contributed by atoms with Crippen LogP contribution in [0.2, 0.25) is 0 Å². The van der Waals surface area contributed by atoms with Crippen LogP contribution in [0.3, 0.4) is 0 Å². The lowest BCUT2D eigenvalue weighted by Gasteiger charge is -2.13. The molecule has 11 heavy (non-hydrogen) atoms. The number of aliphatic carboxylic acids is 1. The molecule has 0 radical (unpaired) electrons. The van der Waals surface area contributed by atoms with Gasteiger partial charge in [0, 0.05) is 6.42 Å². The van der Waals surface area contributed by atoms with Crippen LogP contribution < -0.4 is 0 Å². The van der Waals surface area contributed by atoms with Crippen LogP contribution >= 0.6 is 0 Å². The fourth-order valence-corrected chi connectivity index (χ4v) is 0.585. The Kier molecular flexibility index (Phi) is 4.76. The molecule has 0 aromatic carbocycles. The molecule has 0 heterocycles. The first-order valence-corrected chi connectivity index (χ1v) is 3.26. The van der Waals surface area contributed by atoms with Crippen LogP contribution in [0.25, 0.3) is 0 Å². The Labute approximate surface area is 63.9 Å². The smallest absolute Gasteiger partial charge is 0.303 e. The number of hydrogen-bond donors (Lipinski definition) is 4. The number of aliphatic hydroxyl groups excluding tert-OH is 3. The van der Waals surface area contributed by atoms with E-state index in [0.717, 1.165) is 0 Å². The average molecular weight is 164 g/mol. The fraction of sp³-hybridized carbons (Fsp3) is 0.833. The zero-order valence-corrected chi connectivity index (χ0v) is 5.97. The van der Waals surface area contributed by atoms with Gasteiger partial charge in [0.2, 0.25) is 0 Å². The molecule has 5 heteroatoms. The molecule has 5 nitrogen and oxygen atoms in total. The van der Waals surface area contributed by atoms with Crippen molar-refractivity contribution in [2.75, 3.05) is 6.61 Å². The topological polar surface area (TPSA) is 98.0 Å². The van der Waals surface area contributed by atoms with E-state index in [1.807, 2.05) is 0 Å². The van der Waals surface area contributed by atoms with E-state index in [1.54, 1.807) is 0 Å². The lowest BCUT2D eigenvalue weighted by atomic mass is 10.1. The van der Waals surface area contributed by atoms with Crippen molar-refractivity contribution in [2.45, 2.75) is 25.0 Å². The van der Waals surface area contributed by atoms with Crippen molar-refractivity contribution in [1.29, 1.82) is 0 Å². The maximum Gasteiger partial charge on any atom is 0.303 e. The van der Waals surface area contributed by atoms with Crippen LogP contribution in [0.1, 0.15) is 12.8 Å². The van der Waals surface area contributed by atoms with E-state index in [9.17, 15) is 4.79 Å². The Balaban J connectivity index is 3.51. The average Bonchev–Trinajstić information content (AvgIpc) is 1.98. The highest BCUT2D eigenvalue weighted by atomic mass is 16.4. The van der Waals surface area contributed by atoms with Crippen molar-refractivity contribution >= 4 is 5.97 Å². The molecule has 0 aliphatic carbocycles. The highest BCUT2D eigenvalue weighted by molar-refractivity contribution is 5.66. The number of carboxylic acid groups (broad SMARTS) is 1. The molecule has 0 aromatic heterocycles. The molecule has 0 aliphatic rings. The van der Waals surface area contributed by atoms with Crippen molar-refractivity contribution in [3.8, 4) is 0 Å². The minimum atomic E-state index is -1.24. The van der Waals surface area contributed by atoms with E-state index in [1.165, 1.54) is 0 Å². The molecular formula is C6H12O5.